The minimum atomic E-state index is -0.260. The Morgan fingerprint density at radius 2 is 1.96 bits per heavy atom. The maximum atomic E-state index is 10.00. The molecule has 1 N–H and O–H groups in total. The highest BCUT2D eigenvalue weighted by Gasteiger charge is 2.26. The van der Waals surface area contributed by atoms with E-state index < -0.39 is 0 Å². The van der Waals surface area contributed by atoms with E-state index in [2.05, 4.69) is 47.3 Å². The van der Waals surface area contributed by atoms with Gasteiger partial charge in [0.15, 0.2) is 0 Å². The van der Waals surface area contributed by atoms with Gasteiger partial charge in [-0.25, -0.2) is 4.68 Å². The molecule has 1 aromatic carbocycles. The lowest BCUT2D eigenvalue weighted by atomic mass is 9.97. The number of hydrogen-bond donors (Lipinski definition) is 1. The zero-order chi connectivity index (χ0) is 16.4. The van der Waals surface area contributed by atoms with Gasteiger partial charge < -0.3 is 5.11 Å². The first kappa shape index (κ1) is 16.2. The second-order valence-corrected chi connectivity index (χ2v) is 6.78. The van der Waals surface area contributed by atoms with E-state index in [1.165, 1.54) is 18.4 Å². The van der Waals surface area contributed by atoms with E-state index in [4.69, 9.17) is 0 Å². The molecule has 4 nitrogen and oxygen atoms in total. The van der Waals surface area contributed by atoms with Crippen molar-refractivity contribution in [2.24, 2.45) is 0 Å². The Morgan fingerprint density at radius 3 is 2.57 bits per heavy atom. The molecule has 1 aliphatic rings. The fourth-order valence-corrected chi connectivity index (χ4v) is 3.63. The SMILES string of the molecule is Cc1cc(C)n(-c2ccc(CN3CCCCC3C(C)O)cc2)n1. The summed E-state index contributed by atoms with van der Waals surface area (Å²) in [5.41, 5.74) is 4.59. The summed E-state index contributed by atoms with van der Waals surface area (Å²) in [6.07, 6.45) is 3.29. The predicted octanol–water partition coefficient (Wildman–Crippen LogP) is 3.22. The molecule has 124 valence electrons. The number of piperidine rings is 1. The number of hydrogen-bond acceptors (Lipinski definition) is 3. The Morgan fingerprint density at radius 1 is 1.22 bits per heavy atom. The Balaban J connectivity index is 1.73. The summed E-state index contributed by atoms with van der Waals surface area (Å²) in [4.78, 5) is 2.42. The fraction of sp³-hybridized carbons (Fsp3) is 0.526. The van der Waals surface area contributed by atoms with Crippen LogP contribution in [0, 0.1) is 13.8 Å². The fourth-order valence-electron chi connectivity index (χ4n) is 3.63. The summed E-state index contributed by atoms with van der Waals surface area (Å²) >= 11 is 0. The molecule has 0 radical (unpaired) electrons. The zero-order valence-corrected chi connectivity index (χ0v) is 14.4. The van der Waals surface area contributed by atoms with E-state index >= 15 is 0 Å². The molecule has 2 aromatic rings. The molecule has 4 heteroatoms. The van der Waals surface area contributed by atoms with Gasteiger partial charge in [-0.3, -0.25) is 4.90 Å². The second kappa shape index (κ2) is 6.85. The zero-order valence-electron chi connectivity index (χ0n) is 14.4. The van der Waals surface area contributed by atoms with Crippen molar-refractivity contribution < 1.29 is 5.11 Å². The number of rotatable bonds is 4. The average Bonchev–Trinajstić information content (AvgIpc) is 2.87. The van der Waals surface area contributed by atoms with E-state index in [-0.39, 0.29) is 6.10 Å². The summed E-state index contributed by atoms with van der Waals surface area (Å²) in [7, 11) is 0. The molecular weight excluding hydrogens is 286 g/mol. The van der Waals surface area contributed by atoms with Crippen LogP contribution in [0.25, 0.3) is 5.69 Å². The van der Waals surface area contributed by atoms with Crippen LogP contribution < -0.4 is 0 Å². The van der Waals surface area contributed by atoms with Gasteiger partial charge in [0, 0.05) is 18.3 Å². The first-order chi connectivity index (χ1) is 11.0. The van der Waals surface area contributed by atoms with Crippen molar-refractivity contribution in [3.05, 3.63) is 47.3 Å². The third-order valence-corrected chi connectivity index (χ3v) is 4.80. The molecule has 23 heavy (non-hydrogen) atoms. The molecule has 2 atom stereocenters. The highest BCUT2D eigenvalue weighted by Crippen LogP contribution is 2.22. The topological polar surface area (TPSA) is 41.3 Å². The number of likely N-dealkylation sites (tertiary alicyclic amines) is 1. The molecule has 2 heterocycles. The Hall–Kier alpha value is -1.65. The summed E-state index contributed by atoms with van der Waals surface area (Å²) in [5.74, 6) is 0. The van der Waals surface area contributed by atoms with Gasteiger partial charge in [-0.05, 0) is 63.9 Å². The number of aliphatic hydroxyl groups is 1. The van der Waals surface area contributed by atoms with E-state index in [0.29, 0.717) is 6.04 Å². The van der Waals surface area contributed by atoms with Crippen molar-refractivity contribution in [2.45, 2.75) is 58.7 Å². The van der Waals surface area contributed by atoms with Crippen LogP contribution in [-0.2, 0) is 6.54 Å². The van der Waals surface area contributed by atoms with E-state index in [0.717, 1.165) is 36.6 Å². The molecule has 3 rings (SSSR count). The van der Waals surface area contributed by atoms with Crippen LogP contribution in [0.5, 0.6) is 0 Å². The van der Waals surface area contributed by atoms with Crippen molar-refractivity contribution in [1.29, 1.82) is 0 Å². The van der Waals surface area contributed by atoms with Crippen LogP contribution in [0.3, 0.4) is 0 Å². The van der Waals surface area contributed by atoms with E-state index in [1.54, 1.807) is 0 Å². The van der Waals surface area contributed by atoms with Crippen LogP contribution >= 0.6 is 0 Å². The highest BCUT2D eigenvalue weighted by molar-refractivity contribution is 5.36. The van der Waals surface area contributed by atoms with Crippen LogP contribution in [0.2, 0.25) is 0 Å². The van der Waals surface area contributed by atoms with E-state index in [9.17, 15) is 5.11 Å². The van der Waals surface area contributed by atoms with Crippen LogP contribution in [0.1, 0.15) is 43.1 Å². The number of nitrogens with zero attached hydrogens (tertiary/aromatic N) is 3. The van der Waals surface area contributed by atoms with Gasteiger partial charge in [-0.15, -0.1) is 0 Å². The minimum Gasteiger partial charge on any atom is -0.392 e. The van der Waals surface area contributed by atoms with Gasteiger partial charge in [-0.1, -0.05) is 18.6 Å². The minimum absolute atomic E-state index is 0.260. The molecule has 0 spiro atoms. The Kier molecular flexibility index (Phi) is 4.83. The quantitative estimate of drug-likeness (QED) is 0.942. The first-order valence-electron chi connectivity index (χ1n) is 8.59. The monoisotopic (exact) mass is 313 g/mol. The molecule has 0 saturated carbocycles. The molecule has 2 unspecified atom stereocenters. The largest absolute Gasteiger partial charge is 0.392 e. The van der Waals surface area contributed by atoms with Gasteiger partial charge in [-0.2, -0.15) is 5.10 Å². The second-order valence-electron chi connectivity index (χ2n) is 6.78. The van der Waals surface area contributed by atoms with Crippen molar-refractivity contribution >= 4 is 0 Å². The van der Waals surface area contributed by atoms with Gasteiger partial charge in [0.1, 0.15) is 0 Å². The smallest absolute Gasteiger partial charge is 0.0667 e. The van der Waals surface area contributed by atoms with E-state index in [1.807, 2.05) is 18.5 Å². The van der Waals surface area contributed by atoms with Crippen molar-refractivity contribution in [3.8, 4) is 5.69 Å². The summed E-state index contributed by atoms with van der Waals surface area (Å²) in [6.45, 7) is 8.00. The molecule has 1 aliphatic heterocycles. The maximum absolute atomic E-state index is 10.00. The molecule has 0 aliphatic carbocycles. The third kappa shape index (κ3) is 3.65. The molecular formula is C19H27N3O. The molecule has 1 fully saturated rings. The lowest BCUT2D eigenvalue weighted by Gasteiger charge is -2.37. The Bertz CT molecular complexity index is 645. The number of aromatic nitrogens is 2. The Labute approximate surface area is 138 Å². The van der Waals surface area contributed by atoms with Crippen molar-refractivity contribution in [2.75, 3.05) is 6.54 Å². The van der Waals surface area contributed by atoms with Crippen LogP contribution in [-0.4, -0.2) is 38.5 Å². The first-order valence-corrected chi connectivity index (χ1v) is 8.59. The predicted molar refractivity (Wildman–Crippen MR) is 92.8 cm³/mol. The maximum Gasteiger partial charge on any atom is 0.0667 e. The molecule has 1 aromatic heterocycles. The molecule has 1 saturated heterocycles. The molecule has 0 bridgehead atoms. The van der Waals surface area contributed by atoms with Gasteiger partial charge >= 0.3 is 0 Å². The summed E-state index contributed by atoms with van der Waals surface area (Å²) in [5, 5.41) is 14.5. The molecule has 0 amide bonds. The standard InChI is InChI=1S/C19H27N3O/c1-14-12-15(2)22(20-14)18-9-7-17(8-10-18)13-21-11-5-4-6-19(21)16(3)23/h7-10,12,16,19,23H,4-6,11,13H2,1-3H3. The highest BCUT2D eigenvalue weighted by atomic mass is 16.3. The average molecular weight is 313 g/mol. The lowest BCUT2D eigenvalue weighted by molar-refractivity contribution is 0.0317. The van der Waals surface area contributed by atoms with Gasteiger partial charge in [0.25, 0.3) is 0 Å². The number of aliphatic hydroxyl groups excluding tert-OH is 1. The number of benzene rings is 1. The van der Waals surface area contributed by atoms with Crippen molar-refractivity contribution in [1.82, 2.24) is 14.7 Å². The summed E-state index contributed by atoms with van der Waals surface area (Å²) in [6, 6.07) is 11.0. The third-order valence-electron chi connectivity index (χ3n) is 4.80. The van der Waals surface area contributed by atoms with Crippen LogP contribution in [0.4, 0.5) is 0 Å². The van der Waals surface area contributed by atoms with Gasteiger partial charge in [0.2, 0.25) is 0 Å². The summed E-state index contributed by atoms with van der Waals surface area (Å²) < 4.78 is 1.98. The normalized spacial score (nSPS) is 20.6. The van der Waals surface area contributed by atoms with Gasteiger partial charge in [0.05, 0.1) is 17.5 Å². The number of aryl methyl sites for hydroxylation is 2. The van der Waals surface area contributed by atoms with Crippen molar-refractivity contribution in [3.63, 3.8) is 0 Å². The van der Waals surface area contributed by atoms with Crippen LogP contribution in [0.15, 0.2) is 30.3 Å². The lowest BCUT2D eigenvalue weighted by Crippen LogP contribution is -2.45.